The van der Waals surface area contributed by atoms with Crippen LogP contribution in [0.1, 0.15) is 25.8 Å². The molecule has 0 aliphatic carbocycles. The molecule has 0 aliphatic heterocycles. The molecular weight excluding hydrogens is 258 g/mol. The molecule has 1 unspecified atom stereocenters. The Hall–Kier alpha value is -1.75. The fraction of sp³-hybridized carbons (Fsp3) is 0.533. The highest BCUT2D eigenvalue weighted by molar-refractivity contribution is 5.75. The van der Waals surface area contributed by atoms with E-state index in [0.717, 1.165) is 17.1 Å². The highest BCUT2D eigenvalue weighted by Crippen LogP contribution is 2.24. The van der Waals surface area contributed by atoms with Crippen LogP contribution in [0.2, 0.25) is 0 Å². The molecule has 5 nitrogen and oxygen atoms in total. The minimum absolute atomic E-state index is 0.220. The van der Waals surface area contributed by atoms with Crippen LogP contribution in [0, 0.1) is 0 Å². The number of hydrogen-bond donors (Lipinski definition) is 1. The molecule has 0 saturated heterocycles. The quantitative estimate of drug-likeness (QED) is 0.740. The molecule has 5 heteroatoms. The van der Waals surface area contributed by atoms with E-state index in [1.54, 1.807) is 21.1 Å². The number of carbonyl (C=O) groups excluding carboxylic acids is 1. The van der Waals surface area contributed by atoms with Gasteiger partial charge in [-0.1, -0.05) is 13.0 Å². The minimum atomic E-state index is -0.304. The van der Waals surface area contributed by atoms with Crippen LogP contribution in [0.25, 0.3) is 0 Å². The van der Waals surface area contributed by atoms with Gasteiger partial charge in [0.2, 0.25) is 0 Å². The molecule has 0 aliphatic rings. The van der Waals surface area contributed by atoms with Crippen LogP contribution in [-0.2, 0) is 16.1 Å². The van der Waals surface area contributed by atoms with Crippen LogP contribution in [0.5, 0.6) is 11.5 Å². The van der Waals surface area contributed by atoms with Gasteiger partial charge in [0, 0.05) is 18.2 Å². The van der Waals surface area contributed by atoms with Gasteiger partial charge in [-0.3, -0.25) is 4.79 Å². The first-order valence-electron chi connectivity index (χ1n) is 6.77. The van der Waals surface area contributed by atoms with Crippen molar-refractivity contribution < 1.29 is 19.0 Å². The summed E-state index contributed by atoms with van der Waals surface area (Å²) >= 11 is 0. The second-order valence-corrected chi connectivity index (χ2v) is 4.27. The molecule has 0 heterocycles. The fourth-order valence-electron chi connectivity index (χ4n) is 1.87. The van der Waals surface area contributed by atoms with E-state index in [2.05, 4.69) is 5.32 Å². The first-order valence-corrected chi connectivity index (χ1v) is 6.77. The predicted molar refractivity (Wildman–Crippen MR) is 77.1 cm³/mol. The summed E-state index contributed by atoms with van der Waals surface area (Å²) in [5.41, 5.74) is 0.969. The zero-order valence-corrected chi connectivity index (χ0v) is 12.6. The highest BCUT2D eigenvalue weighted by Gasteiger charge is 2.17. The van der Waals surface area contributed by atoms with Gasteiger partial charge in [0.15, 0.2) is 0 Å². The van der Waals surface area contributed by atoms with Crippen LogP contribution in [0.3, 0.4) is 0 Å². The van der Waals surface area contributed by atoms with Crippen LogP contribution < -0.4 is 14.8 Å². The Bertz CT molecular complexity index is 434. The Morgan fingerprint density at radius 2 is 2.00 bits per heavy atom. The molecule has 0 amide bonds. The van der Waals surface area contributed by atoms with E-state index in [9.17, 15) is 4.79 Å². The summed E-state index contributed by atoms with van der Waals surface area (Å²) in [6.07, 6.45) is 0.678. The Labute approximate surface area is 120 Å². The standard InChI is InChI=1S/C15H23NO4/c1-5-13(15(17)20-6-2)16-10-11-7-8-12(18-3)9-14(11)19-4/h7-9,13,16H,5-6,10H2,1-4H3. The topological polar surface area (TPSA) is 56.8 Å². The van der Waals surface area contributed by atoms with Gasteiger partial charge in [0.1, 0.15) is 17.5 Å². The first-order chi connectivity index (χ1) is 9.65. The zero-order valence-electron chi connectivity index (χ0n) is 12.6. The van der Waals surface area contributed by atoms with Crippen LogP contribution in [0.15, 0.2) is 18.2 Å². The van der Waals surface area contributed by atoms with E-state index in [-0.39, 0.29) is 12.0 Å². The SMILES string of the molecule is CCOC(=O)C(CC)NCc1ccc(OC)cc1OC. The Morgan fingerprint density at radius 1 is 1.25 bits per heavy atom. The van der Waals surface area contributed by atoms with E-state index in [1.807, 2.05) is 25.1 Å². The van der Waals surface area contributed by atoms with Crippen molar-refractivity contribution in [2.75, 3.05) is 20.8 Å². The number of methoxy groups -OCH3 is 2. The number of hydrogen-bond acceptors (Lipinski definition) is 5. The molecule has 1 atom stereocenters. The summed E-state index contributed by atoms with van der Waals surface area (Å²) < 4.78 is 15.5. The second-order valence-electron chi connectivity index (χ2n) is 4.27. The molecular formula is C15H23NO4. The molecule has 0 radical (unpaired) electrons. The monoisotopic (exact) mass is 281 g/mol. The van der Waals surface area contributed by atoms with E-state index >= 15 is 0 Å². The molecule has 1 aromatic carbocycles. The summed E-state index contributed by atoms with van der Waals surface area (Å²) in [5, 5.41) is 3.19. The molecule has 20 heavy (non-hydrogen) atoms. The molecule has 1 aromatic rings. The maximum atomic E-state index is 11.7. The molecule has 0 fully saturated rings. The van der Waals surface area contributed by atoms with Crippen molar-refractivity contribution in [1.29, 1.82) is 0 Å². The summed E-state index contributed by atoms with van der Waals surface area (Å²) in [6, 6.07) is 5.30. The summed E-state index contributed by atoms with van der Waals surface area (Å²) in [4.78, 5) is 11.7. The normalized spacial score (nSPS) is 11.8. The number of rotatable bonds is 8. The number of ether oxygens (including phenoxy) is 3. The van der Waals surface area contributed by atoms with Gasteiger partial charge < -0.3 is 19.5 Å². The third kappa shape index (κ3) is 4.42. The number of benzene rings is 1. The predicted octanol–water partition coefficient (Wildman–Crippen LogP) is 2.14. The summed E-state index contributed by atoms with van der Waals surface area (Å²) in [7, 11) is 3.22. The molecule has 0 bridgehead atoms. The lowest BCUT2D eigenvalue weighted by Crippen LogP contribution is -2.37. The van der Waals surface area contributed by atoms with Crippen molar-refractivity contribution in [3.63, 3.8) is 0 Å². The van der Waals surface area contributed by atoms with E-state index in [4.69, 9.17) is 14.2 Å². The van der Waals surface area contributed by atoms with Gasteiger partial charge in [0.05, 0.1) is 20.8 Å². The van der Waals surface area contributed by atoms with Crippen molar-refractivity contribution in [3.8, 4) is 11.5 Å². The molecule has 1 rings (SSSR count). The minimum Gasteiger partial charge on any atom is -0.497 e. The smallest absolute Gasteiger partial charge is 0.323 e. The highest BCUT2D eigenvalue weighted by atomic mass is 16.5. The van der Waals surface area contributed by atoms with Gasteiger partial charge in [-0.2, -0.15) is 0 Å². The zero-order chi connectivity index (χ0) is 15.0. The lowest BCUT2D eigenvalue weighted by atomic mass is 10.1. The average molecular weight is 281 g/mol. The maximum absolute atomic E-state index is 11.7. The largest absolute Gasteiger partial charge is 0.497 e. The van der Waals surface area contributed by atoms with E-state index < -0.39 is 0 Å². The van der Waals surface area contributed by atoms with E-state index in [0.29, 0.717) is 19.6 Å². The molecule has 112 valence electrons. The lowest BCUT2D eigenvalue weighted by Gasteiger charge is -2.17. The molecule has 0 saturated carbocycles. The van der Waals surface area contributed by atoms with Crippen molar-refractivity contribution in [3.05, 3.63) is 23.8 Å². The number of carbonyl (C=O) groups is 1. The summed E-state index contributed by atoms with van der Waals surface area (Å²) in [5.74, 6) is 1.25. The summed E-state index contributed by atoms with van der Waals surface area (Å²) in [6.45, 7) is 4.67. The Balaban J connectivity index is 2.70. The third-order valence-electron chi connectivity index (χ3n) is 3.01. The molecule has 1 N–H and O–H groups in total. The van der Waals surface area contributed by atoms with Crippen molar-refractivity contribution in [2.24, 2.45) is 0 Å². The second kappa shape index (κ2) is 8.43. The van der Waals surface area contributed by atoms with Crippen molar-refractivity contribution in [1.82, 2.24) is 5.32 Å². The van der Waals surface area contributed by atoms with Crippen LogP contribution in [-0.4, -0.2) is 32.8 Å². The van der Waals surface area contributed by atoms with Crippen molar-refractivity contribution >= 4 is 5.97 Å². The first kappa shape index (κ1) is 16.3. The Kier molecular flexibility index (Phi) is 6.87. The number of esters is 1. The molecule has 0 aromatic heterocycles. The average Bonchev–Trinajstić information content (AvgIpc) is 2.48. The third-order valence-corrected chi connectivity index (χ3v) is 3.01. The molecule has 0 spiro atoms. The van der Waals surface area contributed by atoms with Gasteiger partial charge in [-0.15, -0.1) is 0 Å². The van der Waals surface area contributed by atoms with Gasteiger partial charge >= 0.3 is 5.97 Å². The van der Waals surface area contributed by atoms with Gasteiger partial charge in [-0.05, 0) is 19.4 Å². The van der Waals surface area contributed by atoms with Gasteiger partial charge in [0.25, 0.3) is 0 Å². The van der Waals surface area contributed by atoms with E-state index in [1.165, 1.54) is 0 Å². The van der Waals surface area contributed by atoms with Gasteiger partial charge in [-0.25, -0.2) is 0 Å². The maximum Gasteiger partial charge on any atom is 0.323 e. The van der Waals surface area contributed by atoms with Crippen LogP contribution in [0.4, 0.5) is 0 Å². The lowest BCUT2D eigenvalue weighted by molar-refractivity contribution is -0.145. The fourth-order valence-corrected chi connectivity index (χ4v) is 1.87. The van der Waals surface area contributed by atoms with Crippen LogP contribution >= 0.6 is 0 Å². The van der Waals surface area contributed by atoms with Crippen molar-refractivity contribution in [2.45, 2.75) is 32.9 Å². The Morgan fingerprint density at radius 3 is 2.55 bits per heavy atom. The number of nitrogens with one attached hydrogen (secondary N) is 1.